The number of nitrogens with two attached hydrogens (primary N) is 1. The highest BCUT2D eigenvalue weighted by Gasteiger charge is 2.41. The normalized spacial score (nSPS) is 21.3. The number of thiophene rings is 1. The smallest absolute Gasteiger partial charge is 0.187 e. The lowest BCUT2D eigenvalue weighted by Gasteiger charge is -2.17. The molecule has 2 atom stereocenters. The zero-order chi connectivity index (χ0) is 14.8. The van der Waals surface area contributed by atoms with Crippen molar-refractivity contribution in [1.82, 2.24) is 4.98 Å². The number of nitriles is 1. The first-order valence-corrected chi connectivity index (χ1v) is 8.02. The lowest BCUT2D eigenvalue weighted by atomic mass is 9.88. The van der Waals surface area contributed by atoms with E-state index >= 15 is 0 Å². The van der Waals surface area contributed by atoms with E-state index < -0.39 is 5.25 Å². The summed E-state index contributed by atoms with van der Waals surface area (Å²) in [5.41, 5.74) is 7.26. The fourth-order valence-corrected chi connectivity index (χ4v) is 4.38. The maximum Gasteiger partial charge on any atom is 0.187 e. The molecule has 0 aromatic carbocycles. The van der Waals surface area contributed by atoms with Crippen LogP contribution in [0.2, 0.25) is 0 Å². The Balaban J connectivity index is 2.02. The molecule has 2 aromatic heterocycles. The quantitative estimate of drug-likeness (QED) is 0.881. The first-order valence-electron chi connectivity index (χ1n) is 6.26. The largest absolute Gasteiger partial charge is 0.393 e. The van der Waals surface area contributed by atoms with E-state index in [2.05, 4.69) is 11.1 Å². The van der Waals surface area contributed by atoms with Crippen molar-refractivity contribution < 1.29 is 4.79 Å². The molecule has 2 aromatic rings. The standard InChI is InChI=1S/C15H11N3OS2/c16-7-10-12(9-3-1-5-18-8-9)14(21-15(10)17)13(19)11-4-2-6-20-11/h1-6,8,12,14H,17H2/t12-,14-/m1/s1. The Bertz CT molecular complexity index is 732. The monoisotopic (exact) mass is 313 g/mol. The van der Waals surface area contributed by atoms with Gasteiger partial charge in [0.2, 0.25) is 0 Å². The van der Waals surface area contributed by atoms with E-state index in [1.807, 2.05) is 17.5 Å². The van der Waals surface area contributed by atoms with Crippen molar-refractivity contribution in [2.24, 2.45) is 5.73 Å². The van der Waals surface area contributed by atoms with Gasteiger partial charge in [-0.25, -0.2) is 0 Å². The number of carbonyl (C=O) groups is 1. The Morgan fingerprint density at radius 3 is 2.86 bits per heavy atom. The Morgan fingerprint density at radius 2 is 2.24 bits per heavy atom. The Labute approximate surface area is 130 Å². The van der Waals surface area contributed by atoms with Crippen LogP contribution in [-0.2, 0) is 0 Å². The molecular weight excluding hydrogens is 302 g/mol. The maximum absolute atomic E-state index is 12.7. The number of pyridine rings is 1. The first-order chi connectivity index (χ1) is 10.2. The molecule has 4 nitrogen and oxygen atoms in total. The molecule has 3 heterocycles. The molecule has 1 aliphatic rings. The maximum atomic E-state index is 12.7. The third kappa shape index (κ3) is 2.46. The second-order valence-electron chi connectivity index (χ2n) is 4.53. The summed E-state index contributed by atoms with van der Waals surface area (Å²) in [7, 11) is 0. The summed E-state index contributed by atoms with van der Waals surface area (Å²) in [6, 6.07) is 9.48. The van der Waals surface area contributed by atoms with Crippen molar-refractivity contribution in [3.63, 3.8) is 0 Å². The van der Waals surface area contributed by atoms with Gasteiger partial charge in [0.05, 0.1) is 26.8 Å². The number of nitrogens with zero attached hydrogens (tertiary/aromatic N) is 2. The average Bonchev–Trinajstić information content (AvgIpc) is 3.14. The summed E-state index contributed by atoms with van der Waals surface area (Å²) in [4.78, 5) is 17.5. The minimum atomic E-state index is -0.400. The van der Waals surface area contributed by atoms with E-state index in [0.29, 0.717) is 15.5 Å². The van der Waals surface area contributed by atoms with Gasteiger partial charge in [0.15, 0.2) is 5.78 Å². The zero-order valence-electron chi connectivity index (χ0n) is 10.9. The third-order valence-corrected chi connectivity index (χ3v) is 5.42. The molecule has 0 fully saturated rings. The molecule has 0 saturated heterocycles. The van der Waals surface area contributed by atoms with Crippen LogP contribution in [0.1, 0.15) is 21.2 Å². The van der Waals surface area contributed by atoms with E-state index in [1.165, 1.54) is 23.1 Å². The van der Waals surface area contributed by atoms with E-state index in [4.69, 9.17) is 5.73 Å². The van der Waals surface area contributed by atoms with Gasteiger partial charge in [0.1, 0.15) is 0 Å². The molecule has 0 saturated carbocycles. The van der Waals surface area contributed by atoms with Crippen LogP contribution in [0.15, 0.2) is 52.6 Å². The van der Waals surface area contributed by atoms with Crippen LogP contribution in [0.25, 0.3) is 0 Å². The van der Waals surface area contributed by atoms with E-state index in [0.717, 1.165) is 5.56 Å². The highest BCUT2D eigenvalue weighted by atomic mass is 32.2. The van der Waals surface area contributed by atoms with Gasteiger partial charge < -0.3 is 5.73 Å². The van der Waals surface area contributed by atoms with Crippen molar-refractivity contribution >= 4 is 28.9 Å². The second kappa shape index (κ2) is 5.72. The van der Waals surface area contributed by atoms with Crippen molar-refractivity contribution in [2.45, 2.75) is 11.2 Å². The number of Topliss-reactive ketones (excluding diaryl/α,β-unsaturated/α-hetero) is 1. The number of thioether (sulfide) groups is 1. The average molecular weight is 313 g/mol. The molecule has 0 amide bonds. The van der Waals surface area contributed by atoms with E-state index in [9.17, 15) is 10.1 Å². The van der Waals surface area contributed by atoms with Gasteiger partial charge >= 0.3 is 0 Å². The van der Waals surface area contributed by atoms with Gasteiger partial charge in [0.25, 0.3) is 0 Å². The van der Waals surface area contributed by atoms with Gasteiger partial charge in [-0.2, -0.15) is 5.26 Å². The highest BCUT2D eigenvalue weighted by Crippen LogP contribution is 2.46. The van der Waals surface area contributed by atoms with E-state index in [1.54, 1.807) is 24.5 Å². The highest BCUT2D eigenvalue weighted by molar-refractivity contribution is 8.04. The van der Waals surface area contributed by atoms with Gasteiger partial charge in [-0.15, -0.1) is 11.3 Å². The lowest BCUT2D eigenvalue weighted by Crippen LogP contribution is -2.22. The van der Waals surface area contributed by atoms with Crippen LogP contribution in [0.5, 0.6) is 0 Å². The van der Waals surface area contributed by atoms with Crippen molar-refractivity contribution in [3.8, 4) is 6.07 Å². The number of allylic oxidation sites excluding steroid dienone is 1. The van der Waals surface area contributed by atoms with Gasteiger partial charge in [0, 0.05) is 18.3 Å². The molecule has 0 bridgehead atoms. The number of rotatable bonds is 3. The van der Waals surface area contributed by atoms with Crippen LogP contribution in [0, 0.1) is 11.3 Å². The van der Waals surface area contributed by atoms with Crippen LogP contribution < -0.4 is 5.73 Å². The molecule has 0 aliphatic carbocycles. The molecule has 0 radical (unpaired) electrons. The molecular formula is C15H11N3OS2. The molecule has 2 N–H and O–H groups in total. The number of carbonyl (C=O) groups excluding carboxylic acids is 1. The Hall–Kier alpha value is -2.10. The fraction of sp³-hybridized carbons (Fsp3) is 0.133. The van der Waals surface area contributed by atoms with Gasteiger partial charge in [-0.05, 0) is 23.1 Å². The van der Waals surface area contributed by atoms with Crippen molar-refractivity contribution in [2.75, 3.05) is 0 Å². The Kier molecular flexibility index (Phi) is 3.78. The molecule has 21 heavy (non-hydrogen) atoms. The number of hydrogen-bond donors (Lipinski definition) is 1. The SMILES string of the molecule is N#CC1=C(N)S[C@@H](C(=O)c2cccs2)[C@@H]1c1cccnc1. The number of aromatic nitrogens is 1. The summed E-state index contributed by atoms with van der Waals surface area (Å²) in [5.74, 6) is -0.319. The fourth-order valence-electron chi connectivity index (χ4n) is 2.36. The molecule has 3 rings (SSSR count). The summed E-state index contributed by atoms with van der Waals surface area (Å²) >= 11 is 2.68. The topological polar surface area (TPSA) is 79.8 Å². The zero-order valence-corrected chi connectivity index (χ0v) is 12.5. The van der Waals surface area contributed by atoms with Crippen LogP contribution in [-0.4, -0.2) is 16.0 Å². The summed E-state index contributed by atoms with van der Waals surface area (Å²) in [6.07, 6.45) is 3.36. The van der Waals surface area contributed by atoms with Crippen molar-refractivity contribution in [1.29, 1.82) is 5.26 Å². The third-order valence-electron chi connectivity index (χ3n) is 3.32. The summed E-state index contributed by atoms with van der Waals surface area (Å²) in [6.45, 7) is 0. The predicted octanol–water partition coefficient (Wildman–Crippen LogP) is 2.92. The molecule has 6 heteroatoms. The van der Waals surface area contributed by atoms with Gasteiger partial charge in [-0.1, -0.05) is 23.9 Å². The minimum absolute atomic E-state index is 0.0112. The number of hydrogen-bond acceptors (Lipinski definition) is 6. The molecule has 0 spiro atoms. The van der Waals surface area contributed by atoms with Crippen LogP contribution in [0.4, 0.5) is 0 Å². The molecule has 104 valence electrons. The van der Waals surface area contributed by atoms with Crippen molar-refractivity contribution in [3.05, 3.63) is 63.1 Å². The second-order valence-corrected chi connectivity index (χ2v) is 6.66. The predicted molar refractivity (Wildman–Crippen MR) is 83.8 cm³/mol. The number of ketones is 1. The van der Waals surface area contributed by atoms with Crippen LogP contribution in [0.3, 0.4) is 0 Å². The first kappa shape index (κ1) is 13.9. The summed E-state index contributed by atoms with van der Waals surface area (Å²) in [5, 5.41) is 11.3. The Morgan fingerprint density at radius 1 is 1.38 bits per heavy atom. The van der Waals surface area contributed by atoms with Gasteiger partial charge in [-0.3, -0.25) is 9.78 Å². The van der Waals surface area contributed by atoms with E-state index in [-0.39, 0.29) is 11.7 Å². The minimum Gasteiger partial charge on any atom is -0.393 e. The van der Waals surface area contributed by atoms with Crippen LogP contribution >= 0.6 is 23.1 Å². The lowest BCUT2D eigenvalue weighted by molar-refractivity contribution is 0.0989. The molecule has 1 aliphatic heterocycles. The molecule has 0 unspecified atom stereocenters. The summed E-state index contributed by atoms with van der Waals surface area (Å²) < 4.78 is 0.